The van der Waals surface area contributed by atoms with Crippen molar-refractivity contribution in [3.05, 3.63) is 59.7 Å². The van der Waals surface area contributed by atoms with Crippen molar-refractivity contribution in [2.75, 3.05) is 0 Å². The van der Waals surface area contributed by atoms with Crippen LogP contribution < -0.4 is 5.32 Å². The van der Waals surface area contributed by atoms with Gasteiger partial charge in [-0.05, 0) is 35.2 Å². The Labute approximate surface area is 125 Å². The first kappa shape index (κ1) is 14.8. The first-order valence-corrected chi connectivity index (χ1v) is 7.09. The van der Waals surface area contributed by atoms with Gasteiger partial charge in [-0.2, -0.15) is 5.26 Å². The average Bonchev–Trinajstić information content (AvgIpc) is 2.54. The Morgan fingerprint density at radius 2 is 1.62 bits per heavy atom. The Morgan fingerprint density at radius 1 is 1.05 bits per heavy atom. The van der Waals surface area contributed by atoms with E-state index in [2.05, 4.69) is 11.4 Å². The van der Waals surface area contributed by atoms with Gasteiger partial charge in [-0.1, -0.05) is 43.3 Å². The van der Waals surface area contributed by atoms with Gasteiger partial charge in [0.1, 0.15) is 0 Å². The molecule has 2 aromatic rings. The molecule has 0 bridgehead atoms. The molecular weight excluding hydrogens is 260 g/mol. The molecule has 2 aromatic carbocycles. The third-order valence-corrected chi connectivity index (χ3v) is 3.27. The molecule has 0 aliphatic heterocycles. The Bertz CT molecular complexity index is 636. The molecule has 1 amide bonds. The van der Waals surface area contributed by atoms with Gasteiger partial charge in [-0.3, -0.25) is 4.79 Å². The van der Waals surface area contributed by atoms with Crippen LogP contribution in [-0.2, 0) is 11.3 Å². The minimum absolute atomic E-state index is 0.0914. The number of nitrogens with one attached hydrogen (secondary N) is 1. The lowest BCUT2D eigenvalue weighted by Gasteiger charge is -2.06. The standard InChI is InChI=1S/C18H18N2O/c1-2-3-18(21)20-13-15-6-10-17(11-7-15)16-8-4-14(12-19)5-9-16/h4-11H,2-3,13H2,1H3,(H,20,21). The average molecular weight is 278 g/mol. The molecule has 0 heterocycles. The fourth-order valence-electron chi connectivity index (χ4n) is 2.07. The van der Waals surface area contributed by atoms with E-state index >= 15 is 0 Å². The van der Waals surface area contributed by atoms with Crippen LogP contribution >= 0.6 is 0 Å². The molecular formula is C18H18N2O. The van der Waals surface area contributed by atoms with Crippen LogP contribution in [-0.4, -0.2) is 5.91 Å². The van der Waals surface area contributed by atoms with Crippen molar-refractivity contribution < 1.29 is 4.79 Å². The molecule has 0 atom stereocenters. The molecule has 106 valence electrons. The topological polar surface area (TPSA) is 52.9 Å². The molecule has 21 heavy (non-hydrogen) atoms. The zero-order valence-corrected chi connectivity index (χ0v) is 12.1. The van der Waals surface area contributed by atoms with Gasteiger partial charge in [0.05, 0.1) is 11.6 Å². The highest BCUT2D eigenvalue weighted by Crippen LogP contribution is 2.20. The zero-order valence-electron chi connectivity index (χ0n) is 12.1. The van der Waals surface area contributed by atoms with Gasteiger partial charge in [-0.25, -0.2) is 0 Å². The number of benzene rings is 2. The third kappa shape index (κ3) is 4.19. The largest absolute Gasteiger partial charge is 0.352 e. The van der Waals surface area contributed by atoms with Crippen LogP contribution in [0.1, 0.15) is 30.9 Å². The maximum atomic E-state index is 11.4. The second-order valence-electron chi connectivity index (χ2n) is 4.91. The predicted molar refractivity (Wildman–Crippen MR) is 83.3 cm³/mol. The molecule has 0 aliphatic carbocycles. The molecule has 3 heteroatoms. The van der Waals surface area contributed by atoms with E-state index < -0.39 is 0 Å². The Kier molecular flexibility index (Phi) is 5.11. The quantitative estimate of drug-likeness (QED) is 0.907. The van der Waals surface area contributed by atoms with Crippen molar-refractivity contribution in [2.24, 2.45) is 0 Å². The van der Waals surface area contributed by atoms with Crippen LogP contribution in [0.25, 0.3) is 11.1 Å². The summed E-state index contributed by atoms with van der Waals surface area (Å²) in [4.78, 5) is 11.4. The minimum atomic E-state index is 0.0914. The fourth-order valence-corrected chi connectivity index (χ4v) is 2.07. The number of nitrogens with zero attached hydrogens (tertiary/aromatic N) is 1. The van der Waals surface area contributed by atoms with Gasteiger partial charge in [0.15, 0.2) is 0 Å². The van der Waals surface area contributed by atoms with Gasteiger partial charge in [0, 0.05) is 13.0 Å². The van der Waals surface area contributed by atoms with Crippen molar-refractivity contribution in [1.29, 1.82) is 5.26 Å². The van der Waals surface area contributed by atoms with Crippen molar-refractivity contribution in [2.45, 2.75) is 26.3 Å². The van der Waals surface area contributed by atoms with Crippen LogP contribution in [0, 0.1) is 11.3 Å². The molecule has 3 nitrogen and oxygen atoms in total. The van der Waals surface area contributed by atoms with Crippen LogP contribution in [0.5, 0.6) is 0 Å². The van der Waals surface area contributed by atoms with Crippen molar-refractivity contribution in [1.82, 2.24) is 5.32 Å². The number of hydrogen-bond acceptors (Lipinski definition) is 2. The SMILES string of the molecule is CCCC(=O)NCc1ccc(-c2ccc(C#N)cc2)cc1. The summed E-state index contributed by atoms with van der Waals surface area (Å²) in [5.74, 6) is 0.0914. The van der Waals surface area contributed by atoms with Gasteiger partial charge in [0.25, 0.3) is 0 Å². The van der Waals surface area contributed by atoms with Gasteiger partial charge in [-0.15, -0.1) is 0 Å². The number of hydrogen-bond donors (Lipinski definition) is 1. The summed E-state index contributed by atoms with van der Waals surface area (Å²) in [7, 11) is 0. The second-order valence-corrected chi connectivity index (χ2v) is 4.91. The zero-order chi connectivity index (χ0) is 15.1. The second kappa shape index (κ2) is 7.25. The van der Waals surface area contributed by atoms with Crippen LogP contribution in [0.2, 0.25) is 0 Å². The number of nitriles is 1. The summed E-state index contributed by atoms with van der Waals surface area (Å²) in [6, 6.07) is 17.7. The number of rotatable bonds is 5. The van der Waals surface area contributed by atoms with E-state index in [-0.39, 0.29) is 5.91 Å². The third-order valence-electron chi connectivity index (χ3n) is 3.27. The monoisotopic (exact) mass is 278 g/mol. The summed E-state index contributed by atoms with van der Waals surface area (Å²) < 4.78 is 0. The van der Waals surface area contributed by atoms with E-state index in [4.69, 9.17) is 5.26 Å². The number of carbonyl (C=O) groups excluding carboxylic acids is 1. The molecule has 0 aromatic heterocycles. The van der Waals surface area contributed by atoms with E-state index in [1.54, 1.807) is 0 Å². The maximum absolute atomic E-state index is 11.4. The summed E-state index contributed by atoms with van der Waals surface area (Å²) in [6.07, 6.45) is 1.44. The van der Waals surface area contributed by atoms with Crippen LogP contribution in [0.3, 0.4) is 0 Å². The molecule has 1 N–H and O–H groups in total. The van der Waals surface area contributed by atoms with Crippen molar-refractivity contribution in [3.63, 3.8) is 0 Å². The fraction of sp³-hybridized carbons (Fsp3) is 0.222. The lowest BCUT2D eigenvalue weighted by Crippen LogP contribution is -2.21. The summed E-state index contributed by atoms with van der Waals surface area (Å²) >= 11 is 0. The Hall–Kier alpha value is -2.60. The highest BCUT2D eigenvalue weighted by atomic mass is 16.1. The first-order valence-electron chi connectivity index (χ1n) is 7.09. The summed E-state index contributed by atoms with van der Waals surface area (Å²) in [5.41, 5.74) is 3.92. The minimum Gasteiger partial charge on any atom is -0.352 e. The van der Waals surface area contributed by atoms with E-state index in [1.165, 1.54) is 0 Å². The highest BCUT2D eigenvalue weighted by Gasteiger charge is 2.01. The number of amides is 1. The first-order chi connectivity index (χ1) is 10.2. The van der Waals surface area contributed by atoms with Crippen LogP contribution in [0.15, 0.2) is 48.5 Å². The molecule has 0 spiro atoms. The predicted octanol–water partition coefficient (Wildman–Crippen LogP) is 3.64. The molecule has 0 unspecified atom stereocenters. The molecule has 0 saturated carbocycles. The molecule has 2 rings (SSSR count). The number of carbonyl (C=O) groups is 1. The summed E-state index contributed by atoms with van der Waals surface area (Å²) in [6.45, 7) is 2.55. The Morgan fingerprint density at radius 3 is 2.14 bits per heavy atom. The lowest BCUT2D eigenvalue weighted by molar-refractivity contribution is -0.121. The smallest absolute Gasteiger partial charge is 0.220 e. The van der Waals surface area contributed by atoms with E-state index in [1.807, 2.05) is 55.5 Å². The van der Waals surface area contributed by atoms with Gasteiger partial charge >= 0.3 is 0 Å². The molecule has 0 radical (unpaired) electrons. The summed E-state index contributed by atoms with van der Waals surface area (Å²) in [5, 5.41) is 11.7. The Balaban J connectivity index is 2.01. The van der Waals surface area contributed by atoms with Gasteiger partial charge < -0.3 is 5.32 Å². The molecule has 0 saturated heterocycles. The molecule has 0 fully saturated rings. The van der Waals surface area contributed by atoms with Crippen molar-refractivity contribution in [3.8, 4) is 17.2 Å². The van der Waals surface area contributed by atoms with E-state index in [0.717, 1.165) is 23.1 Å². The van der Waals surface area contributed by atoms with Crippen molar-refractivity contribution >= 4 is 5.91 Å². The molecule has 0 aliphatic rings. The highest BCUT2D eigenvalue weighted by molar-refractivity contribution is 5.75. The van der Waals surface area contributed by atoms with Crippen LogP contribution in [0.4, 0.5) is 0 Å². The van der Waals surface area contributed by atoms with E-state index in [9.17, 15) is 4.79 Å². The lowest BCUT2D eigenvalue weighted by atomic mass is 10.0. The maximum Gasteiger partial charge on any atom is 0.220 e. The van der Waals surface area contributed by atoms with Gasteiger partial charge in [0.2, 0.25) is 5.91 Å². The normalized spacial score (nSPS) is 9.90. The van der Waals surface area contributed by atoms with E-state index in [0.29, 0.717) is 18.5 Å².